The summed E-state index contributed by atoms with van der Waals surface area (Å²) in [7, 11) is 0. The third-order valence-corrected chi connectivity index (χ3v) is 4.01. The molecule has 0 aliphatic rings. The van der Waals surface area contributed by atoms with Gasteiger partial charge in [-0.1, -0.05) is 36.4 Å². The fourth-order valence-corrected chi connectivity index (χ4v) is 2.73. The monoisotopic (exact) mass is 377 g/mol. The minimum absolute atomic E-state index is 0.00272. The van der Waals surface area contributed by atoms with Crippen LogP contribution in [0.4, 0.5) is 11.4 Å². The van der Waals surface area contributed by atoms with Crippen LogP contribution in [0.3, 0.4) is 0 Å². The summed E-state index contributed by atoms with van der Waals surface area (Å²) in [5, 5.41) is 18.5. The Morgan fingerprint density at radius 1 is 1.00 bits per heavy atom. The van der Waals surface area contributed by atoms with Crippen molar-refractivity contribution in [3.63, 3.8) is 0 Å². The van der Waals surface area contributed by atoms with Crippen molar-refractivity contribution < 1.29 is 9.72 Å². The second-order valence-corrected chi connectivity index (χ2v) is 6.06. The molecule has 134 valence electrons. The summed E-state index contributed by atoms with van der Waals surface area (Å²) < 4.78 is 0. The zero-order valence-electron chi connectivity index (χ0n) is 14.1. The number of thiocarbonyl (C=S) groups is 1. The lowest BCUT2D eigenvalue weighted by molar-refractivity contribution is -0.384. The van der Waals surface area contributed by atoms with E-state index in [0.29, 0.717) is 5.56 Å². The van der Waals surface area contributed by atoms with E-state index in [9.17, 15) is 14.9 Å². The second-order valence-electron chi connectivity index (χ2n) is 5.65. The summed E-state index contributed by atoms with van der Waals surface area (Å²) in [5.41, 5.74) is 1.47. The van der Waals surface area contributed by atoms with Crippen LogP contribution in [0.2, 0.25) is 0 Å². The molecule has 3 rings (SSSR count). The van der Waals surface area contributed by atoms with Crippen LogP contribution in [0.5, 0.6) is 0 Å². The predicted octanol–water partition coefficient (Wildman–Crippen LogP) is 4.27. The van der Waals surface area contributed by atoms with Gasteiger partial charge < -0.3 is 5.32 Å². The highest BCUT2D eigenvalue weighted by Crippen LogP contribution is 2.22. The van der Waals surface area contributed by atoms with Crippen LogP contribution in [0.25, 0.3) is 16.8 Å². The van der Waals surface area contributed by atoms with Crippen LogP contribution in [0, 0.1) is 10.1 Å². The number of hydrogen-bond acceptors (Lipinski definition) is 4. The second kappa shape index (κ2) is 8.20. The van der Waals surface area contributed by atoms with Gasteiger partial charge in [0.15, 0.2) is 5.11 Å². The number of fused-ring (bicyclic) bond motifs is 1. The molecule has 0 heterocycles. The molecule has 0 saturated heterocycles. The number of non-ortho nitro benzene ring substituents is 1. The first-order valence-electron chi connectivity index (χ1n) is 8.05. The average molecular weight is 377 g/mol. The first-order chi connectivity index (χ1) is 13.0. The summed E-state index contributed by atoms with van der Waals surface area (Å²) in [6, 6.07) is 19.5. The van der Waals surface area contributed by atoms with Gasteiger partial charge in [0.1, 0.15) is 0 Å². The molecule has 0 aliphatic heterocycles. The maximum atomic E-state index is 12.0. The standard InChI is InChI=1S/C20H15N3O3S/c24-19(13-10-14-8-11-16(12-9-14)23(25)26)22-20(27)21-18-7-3-5-15-4-1-2-6-17(15)18/h1-13H,(H2,21,22,24,27)/b13-10+. The summed E-state index contributed by atoms with van der Waals surface area (Å²) in [4.78, 5) is 22.2. The third kappa shape index (κ3) is 4.74. The zero-order valence-corrected chi connectivity index (χ0v) is 14.9. The lowest BCUT2D eigenvalue weighted by atomic mass is 10.1. The van der Waals surface area contributed by atoms with Crippen molar-refractivity contribution in [3.8, 4) is 0 Å². The molecule has 3 aromatic carbocycles. The van der Waals surface area contributed by atoms with Crippen molar-refractivity contribution >= 4 is 51.5 Å². The van der Waals surface area contributed by atoms with E-state index in [1.807, 2.05) is 42.5 Å². The van der Waals surface area contributed by atoms with Gasteiger partial charge in [-0.2, -0.15) is 0 Å². The van der Waals surface area contributed by atoms with Crippen LogP contribution >= 0.6 is 12.2 Å². The van der Waals surface area contributed by atoms with E-state index < -0.39 is 10.8 Å². The highest BCUT2D eigenvalue weighted by atomic mass is 32.1. The Hall–Kier alpha value is -3.58. The van der Waals surface area contributed by atoms with Crippen LogP contribution in [0.15, 0.2) is 72.8 Å². The summed E-state index contributed by atoms with van der Waals surface area (Å²) >= 11 is 5.20. The Morgan fingerprint density at radius 3 is 2.44 bits per heavy atom. The topological polar surface area (TPSA) is 84.3 Å². The number of nitrogens with zero attached hydrogens (tertiary/aromatic N) is 1. The summed E-state index contributed by atoms with van der Waals surface area (Å²) in [6.45, 7) is 0. The molecule has 6 nitrogen and oxygen atoms in total. The summed E-state index contributed by atoms with van der Waals surface area (Å²) in [5.74, 6) is -0.397. The first-order valence-corrected chi connectivity index (χ1v) is 8.46. The Balaban J connectivity index is 1.62. The fourth-order valence-electron chi connectivity index (χ4n) is 2.52. The number of carbonyl (C=O) groups excluding carboxylic acids is 1. The minimum Gasteiger partial charge on any atom is -0.332 e. The van der Waals surface area contributed by atoms with E-state index >= 15 is 0 Å². The number of nitrogens with one attached hydrogen (secondary N) is 2. The van der Waals surface area contributed by atoms with Gasteiger partial charge in [-0.25, -0.2) is 0 Å². The molecule has 0 radical (unpaired) electrons. The molecular formula is C20H15N3O3S. The number of nitro groups is 1. The van der Waals surface area contributed by atoms with E-state index in [-0.39, 0.29) is 10.8 Å². The van der Waals surface area contributed by atoms with Gasteiger partial charge >= 0.3 is 0 Å². The number of benzene rings is 3. The Labute approximate surface area is 160 Å². The largest absolute Gasteiger partial charge is 0.332 e. The maximum Gasteiger partial charge on any atom is 0.269 e. The lowest BCUT2D eigenvalue weighted by Crippen LogP contribution is -2.32. The number of amides is 1. The van der Waals surface area contributed by atoms with Crippen molar-refractivity contribution in [1.82, 2.24) is 5.32 Å². The molecule has 0 spiro atoms. The van der Waals surface area contributed by atoms with Crippen molar-refractivity contribution in [2.45, 2.75) is 0 Å². The summed E-state index contributed by atoms with van der Waals surface area (Å²) in [6.07, 6.45) is 2.87. The normalized spacial score (nSPS) is 10.7. The van der Waals surface area contributed by atoms with E-state index in [0.717, 1.165) is 16.5 Å². The van der Waals surface area contributed by atoms with Gasteiger partial charge in [-0.3, -0.25) is 20.2 Å². The van der Waals surface area contributed by atoms with Gasteiger partial charge in [0.25, 0.3) is 5.69 Å². The Bertz CT molecular complexity index is 1040. The van der Waals surface area contributed by atoms with Crippen LogP contribution in [0.1, 0.15) is 5.56 Å². The molecule has 0 fully saturated rings. The van der Waals surface area contributed by atoms with Crippen molar-refractivity contribution in [2.75, 3.05) is 5.32 Å². The highest BCUT2D eigenvalue weighted by Gasteiger charge is 2.05. The zero-order chi connectivity index (χ0) is 19.2. The number of anilines is 1. The SMILES string of the molecule is O=C(/C=C/c1ccc([N+](=O)[O-])cc1)NC(=S)Nc1cccc2ccccc12. The molecule has 0 saturated carbocycles. The van der Waals surface area contributed by atoms with Crippen LogP contribution in [-0.4, -0.2) is 15.9 Å². The number of carbonyl (C=O) groups is 1. The average Bonchev–Trinajstić information content (AvgIpc) is 2.67. The lowest BCUT2D eigenvalue weighted by Gasteiger charge is -2.10. The van der Waals surface area contributed by atoms with Gasteiger partial charge in [0.2, 0.25) is 5.91 Å². The molecule has 2 N–H and O–H groups in total. The van der Waals surface area contributed by atoms with Crippen molar-refractivity contribution in [3.05, 3.63) is 88.5 Å². The third-order valence-electron chi connectivity index (χ3n) is 3.81. The van der Waals surface area contributed by atoms with E-state index in [1.165, 1.54) is 18.2 Å². The molecule has 0 aliphatic carbocycles. The predicted molar refractivity (Wildman–Crippen MR) is 110 cm³/mol. The highest BCUT2D eigenvalue weighted by molar-refractivity contribution is 7.80. The van der Waals surface area contributed by atoms with Gasteiger partial charge in [-0.15, -0.1) is 0 Å². The van der Waals surface area contributed by atoms with Crippen molar-refractivity contribution in [2.24, 2.45) is 0 Å². The molecule has 7 heteroatoms. The molecule has 1 amide bonds. The van der Waals surface area contributed by atoms with Gasteiger partial charge in [0, 0.05) is 29.3 Å². The quantitative estimate of drug-likeness (QED) is 0.307. The number of rotatable bonds is 4. The minimum atomic E-state index is -0.475. The van der Waals surface area contributed by atoms with Gasteiger partial charge in [-0.05, 0) is 47.4 Å². The molecule has 0 bridgehead atoms. The van der Waals surface area contributed by atoms with Crippen LogP contribution in [-0.2, 0) is 4.79 Å². The van der Waals surface area contributed by atoms with E-state index in [2.05, 4.69) is 10.6 Å². The van der Waals surface area contributed by atoms with E-state index in [4.69, 9.17) is 12.2 Å². The Kier molecular flexibility index (Phi) is 5.53. The van der Waals surface area contributed by atoms with Crippen molar-refractivity contribution in [1.29, 1.82) is 0 Å². The first kappa shape index (κ1) is 18.2. The molecular weight excluding hydrogens is 362 g/mol. The fraction of sp³-hybridized carbons (Fsp3) is 0. The number of nitro benzene ring substituents is 1. The van der Waals surface area contributed by atoms with Crippen LogP contribution < -0.4 is 10.6 Å². The smallest absolute Gasteiger partial charge is 0.269 e. The molecule has 0 aromatic heterocycles. The number of hydrogen-bond donors (Lipinski definition) is 2. The van der Waals surface area contributed by atoms with E-state index in [1.54, 1.807) is 18.2 Å². The molecule has 0 atom stereocenters. The molecule has 27 heavy (non-hydrogen) atoms. The van der Waals surface area contributed by atoms with Gasteiger partial charge in [0.05, 0.1) is 4.92 Å². The molecule has 3 aromatic rings. The molecule has 0 unspecified atom stereocenters. The Morgan fingerprint density at radius 2 is 1.70 bits per heavy atom. The maximum absolute atomic E-state index is 12.0.